The quantitative estimate of drug-likeness (QED) is 0.611. The number of carbonyl (C=O) groups excluding carboxylic acids is 2. The number of hydrogen-bond acceptors (Lipinski definition) is 2. The average molecular weight is 257 g/mol. The van der Waals surface area contributed by atoms with Gasteiger partial charge in [0, 0.05) is 11.0 Å². The van der Waals surface area contributed by atoms with Gasteiger partial charge < -0.3 is 0 Å². The van der Waals surface area contributed by atoms with Gasteiger partial charge in [-0.25, -0.2) is 4.39 Å². The maximum Gasteiger partial charge on any atom is 0.170 e. The molecule has 0 bridgehead atoms. The largest absolute Gasteiger partial charge is 0.299 e. The van der Waals surface area contributed by atoms with Gasteiger partial charge in [0.05, 0.1) is 11.4 Å². The van der Waals surface area contributed by atoms with Crippen molar-refractivity contribution < 1.29 is 14.0 Å². The molecule has 0 unspecified atom stereocenters. The first kappa shape index (κ1) is 13.8. The summed E-state index contributed by atoms with van der Waals surface area (Å²) in [7, 11) is 0. The Morgan fingerprint density at radius 2 is 1.88 bits per heavy atom. The molecule has 0 aliphatic carbocycles. The van der Waals surface area contributed by atoms with Crippen molar-refractivity contribution in [1.82, 2.24) is 0 Å². The fraction of sp³-hybridized carbons (Fsp3) is 0.385. The fourth-order valence-corrected chi connectivity index (χ4v) is 1.30. The zero-order valence-corrected chi connectivity index (χ0v) is 10.8. The molecule has 1 aromatic carbocycles. The standard InChI is InChI=1S/C13H14ClFO2/c1-13(2,3)12(17)7-11(16)8-4-5-9(14)10(15)6-8/h4-6H,7H2,1-3H3. The molecule has 0 aliphatic heterocycles. The Labute approximate surface area is 105 Å². The Bertz CT molecular complexity index is 461. The number of Topliss-reactive ketones (excluding diaryl/α,β-unsaturated/α-hetero) is 2. The number of hydrogen-bond donors (Lipinski definition) is 0. The summed E-state index contributed by atoms with van der Waals surface area (Å²) >= 11 is 5.51. The first-order valence-electron chi connectivity index (χ1n) is 5.23. The monoisotopic (exact) mass is 256 g/mol. The molecule has 4 heteroatoms. The lowest BCUT2D eigenvalue weighted by molar-refractivity contribution is -0.125. The van der Waals surface area contributed by atoms with E-state index >= 15 is 0 Å². The zero-order chi connectivity index (χ0) is 13.2. The topological polar surface area (TPSA) is 34.1 Å². The minimum absolute atomic E-state index is 0.0382. The molecule has 0 saturated carbocycles. The molecule has 0 saturated heterocycles. The van der Waals surface area contributed by atoms with Crippen LogP contribution in [0.5, 0.6) is 0 Å². The molecule has 1 aromatic rings. The summed E-state index contributed by atoms with van der Waals surface area (Å²) in [5.74, 6) is -1.21. The van der Waals surface area contributed by atoms with Crippen LogP contribution in [-0.4, -0.2) is 11.6 Å². The van der Waals surface area contributed by atoms with E-state index in [1.807, 2.05) is 0 Å². The summed E-state index contributed by atoms with van der Waals surface area (Å²) in [5.41, 5.74) is -0.398. The van der Waals surface area contributed by atoms with Gasteiger partial charge in [0.1, 0.15) is 11.6 Å². The number of halogens is 2. The van der Waals surface area contributed by atoms with Crippen LogP contribution in [0.4, 0.5) is 4.39 Å². The molecular formula is C13H14ClFO2. The van der Waals surface area contributed by atoms with Crippen LogP contribution in [-0.2, 0) is 4.79 Å². The van der Waals surface area contributed by atoms with Gasteiger partial charge in [-0.2, -0.15) is 0 Å². The minimum atomic E-state index is -0.652. The Hall–Kier alpha value is -1.22. The van der Waals surface area contributed by atoms with Crippen LogP contribution in [0.2, 0.25) is 5.02 Å². The molecule has 17 heavy (non-hydrogen) atoms. The summed E-state index contributed by atoms with van der Waals surface area (Å²) in [4.78, 5) is 23.4. The van der Waals surface area contributed by atoms with E-state index in [1.165, 1.54) is 12.1 Å². The molecule has 0 radical (unpaired) electrons. The second-order valence-corrected chi connectivity index (χ2v) is 5.31. The third kappa shape index (κ3) is 3.63. The molecule has 0 spiro atoms. The second kappa shape index (κ2) is 4.96. The number of ketones is 2. The summed E-state index contributed by atoms with van der Waals surface area (Å²) in [6.45, 7) is 5.22. The Morgan fingerprint density at radius 1 is 1.29 bits per heavy atom. The van der Waals surface area contributed by atoms with Crippen LogP contribution in [0.3, 0.4) is 0 Å². The molecule has 1 rings (SSSR count). The summed E-state index contributed by atoms with van der Waals surface area (Å²) in [6.07, 6.45) is -0.218. The Balaban J connectivity index is 2.84. The number of benzene rings is 1. The molecule has 0 atom stereocenters. The summed E-state index contributed by atoms with van der Waals surface area (Å²) in [6, 6.07) is 3.79. The van der Waals surface area contributed by atoms with Gasteiger partial charge in [-0.15, -0.1) is 0 Å². The lowest BCUT2D eigenvalue weighted by atomic mass is 9.87. The molecule has 0 amide bonds. The van der Waals surface area contributed by atoms with Crippen molar-refractivity contribution >= 4 is 23.2 Å². The lowest BCUT2D eigenvalue weighted by Crippen LogP contribution is -2.23. The maximum absolute atomic E-state index is 13.1. The van der Waals surface area contributed by atoms with E-state index in [0.717, 1.165) is 6.07 Å². The van der Waals surface area contributed by atoms with E-state index in [4.69, 9.17) is 11.6 Å². The molecule has 92 valence electrons. The van der Waals surface area contributed by atoms with E-state index in [1.54, 1.807) is 20.8 Å². The van der Waals surface area contributed by atoms with E-state index in [0.29, 0.717) is 0 Å². The van der Waals surface area contributed by atoms with E-state index in [-0.39, 0.29) is 28.6 Å². The van der Waals surface area contributed by atoms with E-state index in [9.17, 15) is 14.0 Å². The number of carbonyl (C=O) groups is 2. The smallest absolute Gasteiger partial charge is 0.170 e. The van der Waals surface area contributed by atoms with Gasteiger partial charge >= 0.3 is 0 Å². The normalized spacial score (nSPS) is 11.4. The highest BCUT2D eigenvalue weighted by Gasteiger charge is 2.24. The highest BCUT2D eigenvalue weighted by Crippen LogP contribution is 2.20. The molecule has 0 N–H and O–H groups in total. The van der Waals surface area contributed by atoms with E-state index < -0.39 is 11.2 Å². The molecular weight excluding hydrogens is 243 g/mol. The van der Waals surface area contributed by atoms with Crippen molar-refractivity contribution in [2.24, 2.45) is 5.41 Å². The summed E-state index contributed by atoms with van der Waals surface area (Å²) < 4.78 is 13.1. The highest BCUT2D eigenvalue weighted by molar-refractivity contribution is 6.30. The molecule has 0 aliphatic rings. The van der Waals surface area contributed by atoms with E-state index in [2.05, 4.69) is 0 Å². The summed E-state index contributed by atoms with van der Waals surface area (Å²) in [5, 5.41) is -0.0382. The maximum atomic E-state index is 13.1. The van der Waals surface area contributed by atoms with Crippen LogP contribution in [0.1, 0.15) is 37.6 Å². The van der Waals surface area contributed by atoms with Gasteiger partial charge in [-0.1, -0.05) is 32.4 Å². The van der Waals surface area contributed by atoms with Gasteiger partial charge in [0.15, 0.2) is 5.78 Å². The fourth-order valence-electron chi connectivity index (χ4n) is 1.18. The van der Waals surface area contributed by atoms with Crippen LogP contribution in [0, 0.1) is 11.2 Å². The predicted molar refractivity (Wildman–Crippen MR) is 64.8 cm³/mol. The molecule has 0 heterocycles. The highest BCUT2D eigenvalue weighted by atomic mass is 35.5. The van der Waals surface area contributed by atoms with Gasteiger partial charge in [0.2, 0.25) is 0 Å². The van der Waals surface area contributed by atoms with Crippen molar-refractivity contribution in [1.29, 1.82) is 0 Å². The van der Waals surface area contributed by atoms with Gasteiger partial charge in [-0.05, 0) is 18.2 Å². The van der Waals surface area contributed by atoms with Crippen LogP contribution in [0.15, 0.2) is 18.2 Å². The minimum Gasteiger partial charge on any atom is -0.299 e. The third-order valence-corrected chi connectivity index (χ3v) is 2.71. The van der Waals surface area contributed by atoms with Crippen molar-refractivity contribution in [2.45, 2.75) is 27.2 Å². The molecule has 0 aromatic heterocycles. The van der Waals surface area contributed by atoms with Crippen molar-refractivity contribution in [3.8, 4) is 0 Å². The van der Waals surface area contributed by atoms with Crippen molar-refractivity contribution in [3.05, 3.63) is 34.6 Å². The molecule has 0 fully saturated rings. The number of rotatable bonds is 3. The van der Waals surface area contributed by atoms with Crippen molar-refractivity contribution in [2.75, 3.05) is 0 Å². The first-order valence-corrected chi connectivity index (χ1v) is 5.61. The Kier molecular flexibility index (Phi) is 4.04. The average Bonchev–Trinajstić information content (AvgIpc) is 2.20. The SMILES string of the molecule is CC(C)(C)C(=O)CC(=O)c1ccc(Cl)c(F)c1. The van der Waals surface area contributed by atoms with Crippen LogP contribution < -0.4 is 0 Å². The van der Waals surface area contributed by atoms with Crippen LogP contribution in [0.25, 0.3) is 0 Å². The van der Waals surface area contributed by atoms with Crippen molar-refractivity contribution in [3.63, 3.8) is 0 Å². The zero-order valence-electron chi connectivity index (χ0n) is 10.0. The van der Waals surface area contributed by atoms with Crippen LogP contribution >= 0.6 is 11.6 Å². The second-order valence-electron chi connectivity index (χ2n) is 4.90. The lowest BCUT2D eigenvalue weighted by Gasteiger charge is -2.15. The Morgan fingerprint density at radius 3 is 2.35 bits per heavy atom. The molecule has 2 nitrogen and oxygen atoms in total. The van der Waals surface area contributed by atoms with Gasteiger partial charge in [-0.3, -0.25) is 9.59 Å². The van der Waals surface area contributed by atoms with Gasteiger partial charge in [0.25, 0.3) is 0 Å². The first-order chi connectivity index (χ1) is 7.71. The predicted octanol–water partition coefficient (Wildman–Crippen LogP) is 3.67. The third-order valence-electron chi connectivity index (χ3n) is 2.40.